The maximum Gasteiger partial charge on any atom is 0.425 e. The van der Waals surface area contributed by atoms with Crippen LogP contribution < -0.4 is 5.84 Å². The van der Waals surface area contributed by atoms with Gasteiger partial charge in [-0.1, -0.05) is 96.9 Å². The van der Waals surface area contributed by atoms with Gasteiger partial charge in [-0.25, -0.2) is 30.4 Å². The Balaban J connectivity index is 0.000000423. The fourth-order valence-corrected chi connectivity index (χ4v) is 13.1. The van der Waals surface area contributed by atoms with Gasteiger partial charge in [-0.2, -0.15) is 0 Å². The Morgan fingerprint density at radius 1 is 0.585 bits per heavy atom. The van der Waals surface area contributed by atoms with Crippen molar-refractivity contribution in [3.63, 3.8) is 0 Å². The van der Waals surface area contributed by atoms with Crippen LogP contribution in [0.3, 0.4) is 0 Å². The maximum absolute atomic E-state index is 14.2. The lowest BCUT2D eigenvalue weighted by molar-refractivity contribution is -0.173. The van der Waals surface area contributed by atoms with E-state index < -0.39 is 118 Å². The molecule has 4 aliphatic heterocycles. The number of hydrogen-bond donors (Lipinski definition) is 1. The molecule has 2 N–H and O–H groups in total. The number of pyridine rings is 1. The molecule has 20 nitrogen and oxygen atoms in total. The molecule has 2 aromatic heterocycles. The molecule has 20 heteroatoms. The van der Waals surface area contributed by atoms with E-state index in [1.54, 1.807) is 80.1 Å². The van der Waals surface area contributed by atoms with E-state index in [1.165, 1.54) is 6.92 Å². The predicted octanol–water partition coefficient (Wildman–Crippen LogP) is 10.2. The zero-order valence-electron chi connectivity index (χ0n) is 53.6. The quantitative estimate of drug-likeness (QED) is 0.0611. The Morgan fingerprint density at radius 2 is 1.00 bits per heavy atom. The first-order valence-electron chi connectivity index (χ1n) is 30.0. The van der Waals surface area contributed by atoms with E-state index in [4.69, 9.17) is 34.3 Å². The third-order valence-electron chi connectivity index (χ3n) is 18.9. The highest BCUT2D eigenvalue weighted by molar-refractivity contribution is 6.00. The summed E-state index contributed by atoms with van der Waals surface area (Å²) in [5, 5.41) is 0.923. The number of Topliss-reactive ketones (excluding diaryl/α,β-unsaturated/α-hetero) is 4. The Hall–Kier alpha value is -5.34. The molecule has 6 rings (SSSR count). The van der Waals surface area contributed by atoms with Crippen molar-refractivity contribution in [3.05, 3.63) is 24.7 Å². The van der Waals surface area contributed by atoms with Gasteiger partial charge in [0.2, 0.25) is 0 Å². The van der Waals surface area contributed by atoms with Crippen LogP contribution in [0.1, 0.15) is 177 Å². The average molecular weight is 1160 g/mol. The number of nitrogens with zero attached hydrogens (tertiary/aromatic N) is 5. The number of carbonyl (C=O) groups excluding carboxylic acids is 8. The van der Waals surface area contributed by atoms with Gasteiger partial charge in [-0.3, -0.25) is 28.8 Å². The summed E-state index contributed by atoms with van der Waals surface area (Å²) in [7, 11) is 3.15. The molecule has 0 unspecified atom stereocenters. The lowest BCUT2D eigenvalue weighted by Gasteiger charge is -2.43. The number of ketones is 4. The van der Waals surface area contributed by atoms with Crippen LogP contribution in [0.5, 0.6) is 0 Å². The molecule has 0 radical (unpaired) electrons. The highest BCUT2D eigenvalue weighted by Crippen LogP contribution is 2.45. The molecular formula is C62H102N6O14. The molecule has 2 aromatic rings. The van der Waals surface area contributed by atoms with E-state index in [-0.39, 0.29) is 35.0 Å². The lowest BCUT2D eigenvalue weighted by Crippen LogP contribution is -2.59. The van der Waals surface area contributed by atoms with E-state index in [0.29, 0.717) is 45.2 Å². The Kier molecular flexibility index (Phi) is 25.5. The molecule has 18 atom stereocenters. The normalized spacial score (nSPS) is 37.0. The molecule has 4 fully saturated rings. The molecule has 82 heavy (non-hydrogen) atoms. The van der Waals surface area contributed by atoms with Gasteiger partial charge < -0.3 is 37.9 Å². The van der Waals surface area contributed by atoms with Crippen molar-refractivity contribution in [3.8, 4) is 0 Å². The van der Waals surface area contributed by atoms with Gasteiger partial charge >= 0.3 is 24.1 Å². The number of esters is 2. The topological polar surface area (TPSA) is 255 Å². The number of ether oxygens (including phenoxy) is 6. The molecule has 4 aliphatic rings. The number of carbonyl (C=O) groups is 8. The fourth-order valence-electron chi connectivity index (χ4n) is 13.1. The Morgan fingerprint density at radius 3 is 1.44 bits per heavy atom. The SMILES string of the molecule is CC.CC.CC[C@H]1OC(=O)[C@H](C)C(=O)[C@H](C)[C@@H](C)[C@](C)(OC)C[C@@H](C)C(=O)[C@H](C)[C@H]2N(CCCCn3cnc4cccnc43)C(=O)O[C@]12C.CC[C@H]1OC(=O)[C@H](C)C(=O)[C@H](C)[C@@H](C)[C@](C)(OC)C[C@@H](C)C(=O)[C@H](C)[C@H]2N(N)C(=O)O[C@]12C. The van der Waals surface area contributed by atoms with Gasteiger partial charge in [0.05, 0.1) is 23.6 Å². The summed E-state index contributed by atoms with van der Waals surface area (Å²) in [5.74, 6) is -1.72. The average Bonchev–Trinajstić information content (AvgIpc) is 3.93. The van der Waals surface area contributed by atoms with E-state index in [0.717, 1.165) is 22.6 Å². The van der Waals surface area contributed by atoms with Gasteiger partial charge in [-0.05, 0) is 104 Å². The molecule has 0 saturated carbocycles. The summed E-state index contributed by atoms with van der Waals surface area (Å²) < 4.78 is 37.2. The van der Waals surface area contributed by atoms with Crippen molar-refractivity contribution in [1.82, 2.24) is 24.4 Å². The summed E-state index contributed by atoms with van der Waals surface area (Å²) >= 11 is 0. The molecule has 0 bridgehead atoms. The first kappa shape index (κ1) is 70.9. The minimum Gasteiger partial charge on any atom is -0.458 e. The monoisotopic (exact) mass is 1150 g/mol. The molecule has 6 heterocycles. The van der Waals surface area contributed by atoms with Gasteiger partial charge in [0.1, 0.15) is 58.7 Å². The Labute approximate surface area is 488 Å². The molecule has 0 aliphatic carbocycles. The summed E-state index contributed by atoms with van der Waals surface area (Å²) in [6.45, 7) is 37.5. The number of hydrazine groups is 1. The summed E-state index contributed by atoms with van der Waals surface area (Å²) in [4.78, 5) is 117. The largest absolute Gasteiger partial charge is 0.458 e. The van der Waals surface area contributed by atoms with Gasteiger partial charge in [-0.15, -0.1) is 0 Å². The lowest BCUT2D eigenvalue weighted by atomic mass is 9.70. The predicted molar refractivity (Wildman–Crippen MR) is 312 cm³/mol. The first-order valence-corrected chi connectivity index (χ1v) is 30.0. The number of methoxy groups -OCH3 is 2. The number of hydrogen-bond acceptors (Lipinski definition) is 17. The van der Waals surface area contributed by atoms with E-state index in [1.807, 2.05) is 99.8 Å². The van der Waals surface area contributed by atoms with Gasteiger partial charge in [0.25, 0.3) is 0 Å². The van der Waals surface area contributed by atoms with Crippen LogP contribution in [-0.2, 0) is 63.7 Å². The second-order valence-corrected chi connectivity index (χ2v) is 23.8. The van der Waals surface area contributed by atoms with Crippen LogP contribution >= 0.6 is 0 Å². The third-order valence-corrected chi connectivity index (χ3v) is 18.9. The number of cyclic esters (lactones) is 2. The van der Waals surface area contributed by atoms with Crippen LogP contribution in [0.15, 0.2) is 24.7 Å². The van der Waals surface area contributed by atoms with Crippen LogP contribution in [-0.4, -0.2) is 139 Å². The van der Waals surface area contributed by atoms with Gasteiger partial charge in [0.15, 0.2) is 16.8 Å². The number of imidazole rings is 1. The maximum atomic E-state index is 14.2. The van der Waals surface area contributed by atoms with E-state index >= 15 is 0 Å². The van der Waals surface area contributed by atoms with E-state index in [9.17, 15) is 38.4 Å². The van der Waals surface area contributed by atoms with E-state index in [2.05, 4.69) is 9.97 Å². The standard InChI is InChI=1S/C34H50N4O7.C24H40N2O7.2C2H6/c1-10-26-34(8)29(38(32(42)45-34)17-12-11-16-37-19-36-25-14-13-15-35-30(25)37)22(4)27(39)20(2)18-33(7,43-9)24(6)21(3)28(40)23(5)31(41)44-26;1-10-17-24(8)20(26(25)22(30)33-24)14(4)18(27)12(2)11-23(7,31-9)16(6)13(3)19(28)15(5)21(29)32-17;2*1-2/h13-15,19-24,26,29H,10-12,16-18H2,1-9H3;12-17,20H,10-11,25H2,1-9H3;2*1-2H3/t20-,21-,22+,23-,24-,26-,29-,33-,34-;12-,13-,14+,15-,16-,17-,20-,23-,24-;;/m11../s1. The number of fused-ring (bicyclic) bond motifs is 3. The smallest absolute Gasteiger partial charge is 0.425 e. The van der Waals surface area contributed by atoms with Crippen molar-refractivity contribution in [2.45, 2.75) is 230 Å². The summed E-state index contributed by atoms with van der Waals surface area (Å²) in [5.41, 5.74) is -2.64. The number of amides is 2. The Bertz CT molecular complexity index is 2540. The van der Waals surface area contributed by atoms with Crippen molar-refractivity contribution in [1.29, 1.82) is 0 Å². The zero-order chi connectivity index (χ0) is 62.7. The molecule has 0 spiro atoms. The van der Waals surface area contributed by atoms with Gasteiger partial charge in [0, 0.05) is 69.0 Å². The van der Waals surface area contributed by atoms with Crippen molar-refractivity contribution in [2.24, 2.45) is 65.0 Å². The highest BCUT2D eigenvalue weighted by atomic mass is 16.6. The molecule has 464 valence electrons. The molecule has 2 amide bonds. The summed E-state index contributed by atoms with van der Waals surface area (Å²) in [6, 6.07) is 2.22. The second kappa shape index (κ2) is 29.5. The van der Waals surface area contributed by atoms with Crippen molar-refractivity contribution < 1.29 is 66.8 Å². The summed E-state index contributed by atoms with van der Waals surface area (Å²) in [6.07, 6.45) is 3.21. The third kappa shape index (κ3) is 14.4. The van der Waals surface area contributed by atoms with Crippen LogP contribution in [0.2, 0.25) is 0 Å². The molecular weight excluding hydrogens is 1050 g/mol. The highest BCUT2D eigenvalue weighted by Gasteiger charge is 2.61. The van der Waals surface area contributed by atoms with Crippen LogP contribution in [0.25, 0.3) is 11.2 Å². The van der Waals surface area contributed by atoms with Crippen molar-refractivity contribution in [2.75, 3.05) is 20.8 Å². The number of unbranched alkanes of at least 4 members (excludes halogenated alkanes) is 1. The number of aryl methyl sites for hydroxylation is 1. The molecule has 0 aromatic carbocycles. The first-order chi connectivity index (χ1) is 38.4. The molecule has 4 saturated heterocycles. The van der Waals surface area contributed by atoms with Crippen LogP contribution in [0, 0.1) is 59.2 Å². The van der Waals surface area contributed by atoms with Crippen LogP contribution in [0.4, 0.5) is 9.59 Å². The zero-order valence-corrected chi connectivity index (χ0v) is 53.6. The minimum atomic E-state index is -1.36. The fraction of sp³-hybridized carbons (Fsp3) is 0.774. The van der Waals surface area contributed by atoms with Crippen molar-refractivity contribution >= 4 is 58.4 Å². The number of nitrogens with two attached hydrogens (primary N) is 1. The second-order valence-electron chi connectivity index (χ2n) is 23.8. The minimum absolute atomic E-state index is 0.0356. The number of aromatic nitrogens is 3. The number of rotatable bonds is 9.